The maximum absolute atomic E-state index is 5.72. The fourth-order valence-corrected chi connectivity index (χ4v) is 2.43. The fourth-order valence-electron chi connectivity index (χ4n) is 1.68. The van der Waals surface area contributed by atoms with Gasteiger partial charge in [0.2, 0.25) is 0 Å². The minimum atomic E-state index is -0.352. The van der Waals surface area contributed by atoms with Gasteiger partial charge >= 0.3 is 0 Å². The molecule has 0 aliphatic carbocycles. The molecule has 14 heavy (non-hydrogen) atoms. The second-order valence-corrected chi connectivity index (χ2v) is 4.75. The van der Waals surface area contributed by atoms with E-state index in [-0.39, 0.29) is 10.6 Å². The Morgan fingerprint density at radius 1 is 1.43 bits per heavy atom. The molecule has 1 saturated heterocycles. The lowest BCUT2D eigenvalue weighted by atomic mass is 10.1. The smallest absolute Gasteiger partial charge is 0.150 e. The Bertz CT molecular complexity index is 301. The van der Waals surface area contributed by atoms with E-state index in [0.29, 0.717) is 6.61 Å². The molecule has 0 bridgehead atoms. The summed E-state index contributed by atoms with van der Waals surface area (Å²) in [5.74, 6) is 0. The van der Waals surface area contributed by atoms with Crippen LogP contribution < -0.4 is 0 Å². The van der Waals surface area contributed by atoms with E-state index >= 15 is 0 Å². The van der Waals surface area contributed by atoms with Crippen LogP contribution in [0.25, 0.3) is 0 Å². The van der Waals surface area contributed by atoms with Crippen molar-refractivity contribution in [1.29, 1.82) is 0 Å². The predicted octanol–water partition coefficient (Wildman–Crippen LogP) is 2.67. The minimum absolute atomic E-state index is 0.189. The first-order chi connectivity index (χ1) is 6.74. The van der Waals surface area contributed by atoms with E-state index in [1.54, 1.807) is 7.11 Å². The van der Waals surface area contributed by atoms with Crippen LogP contribution in [0.2, 0.25) is 0 Å². The van der Waals surface area contributed by atoms with Gasteiger partial charge in [0.05, 0.1) is 12.7 Å². The molecule has 1 aliphatic heterocycles. The van der Waals surface area contributed by atoms with Crippen LogP contribution in [0.5, 0.6) is 0 Å². The highest BCUT2D eigenvalue weighted by Crippen LogP contribution is 2.42. The van der Waals surface area contributed by atoms with E-state index in [0.717, 1.165) is 12.0 Å². The van der Waals surface area contributed by atoms with Crippen molar-refractivity contribution < 1.29 is 9.47 Å². The first-order valence-electron chi connectivity index (χ1n) is 4.66. The molecule has 0 spiro atoms. The van der Waals surface area contributed by atoms with Crippen molar-refractivity contribution in [3.8, 4) is 0 Å². The summed E-state index contributed by atoms with van der Waals surface area (Å²) in [5.41, 5.74) is 1.15. The number of ether oxygens (including phenoxy) is 2. The first-order valence-corrected chi connectivity index (χ1v) is 5.45. The van der Waals surface area contributed by atoms with Crippen LogP contribution in [0.15, 0.2) is 30.3 Å². The van der Waals surface area contributed by atoms with E-state index in [4.69, 9.17) is 9.47 Å². The predicted molar refractivity (Wildman–Crippen MR) is 58.4 cm³/mol. The molecule has 2 atom stereocenters. The van der Waals surface area contributed by atoms with E-state index in [9.17, 15) is 0 Å². The normalized spacial score (nSPS) is 32.0. The van der Waals surface area contributed by atoms with Crippen LogP contribution in [0, 0.1) is 0 Å². The summed E-state index contributed by atoms with van der Waals surface area (Å²) in [4.78, 5) is 0. The van der Waals surface area contributed by atoms with Gasteiger partial charge in [-0.05, 0) is 21.5 Å². The van der Waals surface area contributed by atoms with Crippen molar-refractivity contribution in [3.05, 3.63) is 35.9 Å². The monoisotopic (exact) mass is 256 g/mol. The van der Waals surface area contributed by atoms with Gasteiger partial charge in [0.15, 0.2) is 4.51 Å². The van der Waals surface area contributed by atoms with Crippen LogP contribution >= 0.6 is 15.9 Å². The SMILES string of the molecule is COC1COC(Br)(c2ccccc2)C1. The fraction of sp³-hybridized carbons (Fsp3) is 0.455. The van der Waals surface area contributed by atoms with Crippen LogP contribution in [0.3, 0.4) is 0 Å². The number of methoxy groups -OCH3 is 1. The molecular weight excluding hydrogens is 244 g/mol. The van der Waals surface area contributed by atoms with Crippen molar-refractivity contribution in [2.24, 2.45) is 0 Å². The second-order valence-electron chi connectivity index (χ2n) is 3.47. The number of alkyl halides is 1. The molecular formula is C11H13BrO2. The van der Waals surface area contributed by atoms with Gasteiger partial charge in [0, 0.05) is 13.5 Å². The Labute approximate surface area is 92.3 Å². The Morgan fingerprint density at radius 3 is 2.71 bits per heavy atom. The van der Waals surface area contributed by atoms with Gasteiger partial charge in [-0.15, -0.1) is 0 Å². The van der Waals surface area contributed by atoms with E-state index in [2.05, 4.69) is 28.1 Å². The second kappa shape index (κ2) is 4.01. The largest absolute Gasteiger partial charge is 0.379 e. The Balaban J connectivity index is 2.19. The van der Waals surface area contributed by atoms with Gasteiger partial charge in [-0.1, -0.05) is 30.3 Å². The minimum Gasteiger partial charge on any atom is -0.379 e. The van der Waals surface area contributed by atoms with Crippen molar-refractivity contribution in [2.45, 2.75) is 17.0 Å². The summed E-state index contributed by atoms with van der Waals surface area (Å²) in [5, 5.41) is 0. The molecule has 1 aromatic carbocycles. The molecule has 0 radical (unpaired) electrons. The third kappa shape index (κ3) is 1.85. The molecule has 1 heterocycles. The zero-order valence-corrected chi connectivity index (χ0v) is 9.66. The molecule has 2 rings (SSSR count). The summed E-state index contributed by atoms with van der Waals surface area (Å²) in [6.45, 7) is 0.649. The van der Waals surface area contributed by atoms with E-state index in [1.165, 1.54) is 0 Å². The zero-order valence-electron chi connectivity index (χ0n) is 8.07. The molecule has 0 N–H and O–H groups in total. The summed E-state index contributed by atoms with van der Waals surface area (Å²) in [7, 11) is 1.72. The summed E-state index contributed by atoms with van der Waals surface area (Å²) in [6, 6.07) is 10.2. The average Bonchev–Trinajstić information content (AvgIpc) is 2.63. The molecule has 0 saturated carbocycles. The molecule has 1 aliphatic rings. The molecule has 1 aromatic rings. The Kier molecular flexibility index (Phi) is 2.91. The Morgan fingerprint density at radius 2 is 2.14 bits per heavy atom. The molecule has 1 fully saturated rings. The highest BCUT2D eigenvalue weighted by atomic mass is 79.9. The quantitative estimate of drug-likeness (QED) is 0.758. The molecule has 2 nitrogen and oxygen atoms in total. The highest BCUT2D eigenvalue weighted by molar-refractivity contribution is 9.09. The number of hydrogen-bond donors (Lipinski definition) is 0. The van der Waals surface area contributed by atoms with Crippen molar-refractivity contribution in [3.63, 3.8) is 0 Å². The molecule has 76 valence electrons. The van der Waals surface area contributed by atoms with Gasteiger partial charge in [-0.2, -0.15) is 0 Å². The lowest BCUT2D eigenvalue weighted by molar-refractivity contribution is 0.0572. The van der Waals surface area contributed by atoms with E-state index in [1.807, 2.05) is 18.2 Å². The van der Waals surface area contributed by atoms with E-state index < -0.39 is 0 Å². The van der Waals surface area contributed by atoms with Gasteiger partial charge < -0.3 is 9.47 Å². The number of rotatable bonds is 2. The van der Waals surface area contributed by atoms with Gasteiger partial charge in [-0.3, -0.25) is 0 Å². The lowest BCUT2D eigenvalue weighted by Crippen LogP contribution is -2.16. The van der Waals surface area contributed by atoms with Gasteiger partial charge in [0.25, 0.3) is 0 Å². The van der Waals surface area contributed by atoms with Crippen LogP contribution in [-0.4, -0.2) is 19.8 Å². The third-order valence-electron chi connectivity index (χ3n) is 2.53. The summed E-state index contributed by atoms with van der Waals surface area (Å²) < 4.78 is 10.6. The van der Waals surface area contributed by atoms with Crippen molar-refractivity contribution in [1.82, 2.24) is 0 Å². The molecule has 0 aromatic heterocycles. The number of halogens is 1. The molecule has 3 heteroatoms. The number of hydrogen-bond acceptors (Lipinski definition) is 2. The first kappa shape index (κ1) is 10.1. The molecule has 2 unspecified atom stereocenters. The summed E-state index contributed by atoms with van der Waals surface area (Å²) in [6.07, 6.45) is 1.04. The lowest BCUT2D eigenvalue weighted by Gasteiger charge is -2.21. The van der Waals surface area contributed by atoms with Gasteiger partial charge in [-0.25, -0.2) is 0 Å². The van der Waals surface area contributed by atoms with Crippen LogP contribution in [0.1, 0.15) is 12.0 Å². The summed E-state index contributed by atoms with van der Waals surface area (Å²) >= 11 is 3.63. The maximum Gasteiger partial charge on any atom is 0.150 e. The molecule has 0 amide bonds. The van der Waals surface area contributed by atoms with Crippen LogP contribution in [0.4, 0.5) is 0 Å². The number of benzene rings is 1. The van der Waals surface area contributed by atoms with Crippen molar-refractivity contribution in [2.75, 3.05) is 13.7 Å². The van der Waals surface area contributed by atoms with Crippen LogP contribution in [-0.2, 0) is 14.0 Å². The maximum atomic E-state index is 5.72. The standard InChI is InChI=1S/C11H13BrO2/c1-13-10-7-11(12,14-8-10)9-5-3-2-4-6-9/h2-6,10H,7-8H2,1H3. The van der Waals surface area contributed by atoms with Crippen molar-refractivity contribution >= 4 is 15.9 Å². The topological polar surface area (TPSA) is 18.5 Å². The third-order valence-corrected chi connectivity index (χ3v) is 3.54. The highest BCUT2D eigenvalue weighted by Gasteiger charge is 2.39. The van der Waals surface area contributed by atoms with Gasteiger partial charge in [0.1, 0.15) is 0 Å². The Hall–Kier alpha value is -0.380. The zero-order chi connectivity index (χ0) is 10.0. The average molecular weight is 257 g/mol.